The minimum Gasteiger partial charge on any atom is -0.323 e. The van der Waals surface area contributed by atoms with Gasteiger partial charge in [-0.3, -0.25) is 0 Å². The van der Waals surface area contributed by atoms with E-state index in [9.17, 15) is 10.4 Å². The summed E-state index contributed by atoms with van der Waals surface area (Å²) in [4.78, 5) is 0. The lowest BCUT2D eigenvalue weighted by Crippen LogP contribution is -2.71. The van der Waals surface area contributed by atoms with E-state index in [-0.39, 0.29) is 22.2 Å². The summed E-state index contributed by atoms with van der Waals surface area (Å²) in [7, 11) is 4.71. The lowest BCUT2D eigenvalue weighted by Gasteiger charge is -2.60. The lowest BCUT2D eigenvalue weighted by molar-refractivity contribution is -0.944. The summed E-state index contributed by atoms with van der Waals surface area (Å²) in [6, 6.07) is 0.963. The third-order valence-corrected chi connectivity index (χ3v) is 7.12. The molecule has 0 amide bonds. The zero-order valence-corrected chi connectivity index (χ0v) is 18.2. The van der Waals surface area contributed by atoms with Crippen LogP contribution in [-0.4, -0.2) is 73.4 Å². The third-order valence-electron chi connectivity index (χ3n) is 7.12. The average Bonchev–Trinajstić information content (AvgIpc) is 2.40. The highest BCUT2D eigenvalue weighted by molar-refractivity contribution is 5.00. The van der Waals surface area contributed by atoms with Gasteiger partial charge >= 0.3 is 0 Å². The molecule has 2 saturated heterocycles. The van der Waals surface area contributed by atoms with Crippen molar-refractivity contribution in [3.8, 4) is 0 Å². The molecule has 25 heavy (non-hydrogen) atoms. The zero-order valence-electron chi connectivity index (χ0n) is 18.2. The van der Waals surface area contributed by atoms with Gasteiger partial charge in [0.1, 0.15) is 0 Å². The van der Waals surface area contributed by atoms with E-state index in [1.165, 1.54) is 0 Å². The molecule has 0 atom stereocenters. The van der Waals surface area contributed by atoms with Crippen LogP contribution >= 0.6 is 0 Å². The first-order valence-corrected chi connectivity index (χ1v) is 9.75. The Kier molecular flexibility index (Phi) is 4.98. The van der Waals surface area contributed by atoms with Gasteiger partial charge in [0.2, 0.25) is 0 Å². The fraction of sp³-hybridized carbons (Fsp3) is 1.00. The SMILES string of the molecule is CC1(C)CC([N+](C)(C)C2CC(C)(C)N(O)C(C)(C)C2)CC(C)(C)N1O. The molecule has 0 aromatic rings. The number of hydroxylamine groups is 4. The molecular weight excluding hydrogens is 314 g/mol. The smallest absolute Gasteiger partial charge is 0.0925 e. The van der Waals surface area contributed by atoms with Crippen molar-refractivity contribution in [1.29, 1.82) is 0 Å². The first-order chi connectivity index (χ1) is 10.9. The van der Waals surface area contributed by atoms with Crippen molar-refractivity contribution in [2.45, 2.75) is 115 Å². The second kappa shape index (κ2) is 5.90. The van der Waals surface area contributed by atoms with Crippen LogP contribution in [0.4, 0.5) is 0 Å². The number of quaternary nitrogens is 1. The zero-order chi connectivity index (χ0) is 19.6. The largest absolute Gasteiger partial charge is 0.323 e. The van der Waals surface area contributed by atoms with E-state index in [1.807, 2.05) is 0 Å². The van der Waals surface area contributed by atoms with Crippen LogP contribution in [-0.2, 0) is 0 Å². The van der Waals surface area contributed by atoms with E-state index in [0.717, 1.165) is 30.2 Å². The maximum absolute atomic E-state index is 10.6. The molecule has 2 fully saturated rings. The van der Waals surface area contributed by atoms with Crippen LogP contribution in [0, 0.1) is 0 Å². The van der Waals surface area contributed by atoms with Gasteiger partial charge in [0, 0.05) is 47.8 Å². The number of rotatable bonds is 2. The van der Waals surface area contributed by atoms with E-state index >= 15 is 0 Å². The van der Waals surface area contributed by atoms with Crippen LogP contribution in [0.2, 0.25) is 0 Å². The fourth-order valence-corrected chi connectivity index (χ4v) is 5.67. The van der Waals surface area contributed by atoms with E-state index in [0.29, 0.717) is 12.1 Å². The molecule has 0 bridgehead atoms. The number of hydrogen-bond acceptors (Lipinski definition) is 4. The topological polar surface area (TPSA) is 46.9 Å². The molecule has 5 nitrogen and oxygen atoms in total. The summed E-state index contributed by atoms with van der Waals surface area (Å²) < 4.78 is 0.946. The quantitative estimate of drug-likeness (QED) is 0.737. The Morgan fingerprint density at radius 3 is 1.00 bits per heavy atom. The second-order valence-corrected chi connectivity index (χ2v) is 11.6. The molecule has 0 aliphatic carbocycles. The van der Waals surface area contributed by atoms with Gasteiger partial charge in [-0.2, -0.15) is 10.1 Å². The fourth-order valence-electron chi connectivity index (χ4n) is 5.67. The maximum Gasteiger partial charge on any atom is 0.0925 e. The monoisotopic (exact) mass is 356 g/mol. The van der Waals surface area contributed by atoms with Crippen LogP contribution in [0.5, 0.6) is 0 Å². The third kappa shape index (κ3) is 3.63. The Hall–Kier alpha value is -0.200. The van der Waals surface area contributed by atoms with Crippen LogP contribution in [0.15, 0.2) is 0 Å². The van der Waals surface area contributed by atoms with Gasteiger partial charge in [-0.1, -0.05) is 0 Å². The summed E-state index contributed by atoms with van der Waals surface area (Å²) in [6.07, 6.45) is 3.89. The van der Waals surface area contributed by atoms with Crippen LogP contribution in [0.25, 0.3) is 0 Å². The van der Waals surface area contributed by atoms with Crippen LogP contribution < -0.4 is 0 Å². The Balaban J connectivity index is 2.32. The first kappa shape index (κ1) is 21.1. The second-order valence-electron chi connectivity index (χ2n) is 11.6. The first-order valence-electron chi connectivity index (χ1n) is 9.75. The van der Waals surface area contributed by atoms with Crippen LogP contribution in [0.3, 0.4) is 0 Å². The van der Waals surface area contributed by atoms with Crippen molar-refractivity contribution < 1.29 is 14.9 Å². The summed E-state index contributed by atoms with van der Waals surface area (Å²) in [6.45, 7) is 17.2. The predicted molar refractivity (Wildman–Crippen MR) is 102 cm³/mol. The van der Waals surface area contributed by atoms with Crippen molar-refractivity contribution >= 4 is 0 Å². The molecule has 2 aliphatic heterocycles. The number of nitrogens with zero attached hydrogens (tertiary/aromatic N) is 3. The lowest BCUT2D eigenvalue weighted by atomic mass is 9.73. The van der Waals surface area contributed by atoms with Gasteiger partial charge in [-0.25, -0.2) is 0 Å². The minimum atomic E-state index is -0.231. The molecular formula is C20H42N3O2+. The Labute approximate surface area is 155 Å². The summed E-state index contributed by atoms with van der Waals surface area (Å²) in [5.41, 5.74) is -0.926. The Morgan fingerprint density at radius 2 is 0.800 bits per heavy atom. The van der Waals surface area contributed by atoms with Gasteiger partial charge in [-0.15, -0.1) is 0 Å². The molecule has 2 heterocycles. The summed E-state index contributed by atoms with van der Waals surface area (Å²) in [5, 5.41) is 24.4. The summed E-state index contributed by atoms with van der Waals surface area (Å²) >= 11 is 0. The molecule has 0 radical (unpaired) electrons. The molecule has 2 aliphatic rings. The maximum atomic E-state index is 10.6. The molecule has 2 N–H and O–H groups in total. The van der Waals surface area contributed by atoms with Crippen molar-refractivity contribution in [3.05, 3.63) is 0 Å². The van der Waals surface area contributed by atoms with Gasteiger partial charge in [-0.05, 0) is 55.4 Å². The molecule has 0 spiro atoms. The minimum absolute atomic E-state index is 0.231. The highest BCUT2D eigenvalue weighted by atomic mass is 16.5. The van der Waals surface area contributed by atoms with Gasteiger partial charge in [0.15, 0.2) is 0 Å². The van der Waals surface area contributed by atoms with Crippen molar-refractivity contribution in [3.63, 3.8) is 0 Å². The molecule has 2 rings (SSSR count). The normalized spacial score (nSPS) is 31.2. The van der Waals surface area contributed by atoms with Gasteiger partial charge in [0.25, 0.3) is 0 Å². The van der Waals surface area contributed by atoms with Crippen molar-refractivity contribution in [2.75, 3.05) is 14.1 Å². The Morgan fingerprint density at radius 1 is 0.600 bits per heavy atom. The molecule has 148 valence electrons. The molecule has 5 heteroatoms. The van der Waals surface area contributed by atoms with E-state index in [1.54, 1.807) is 10.1 Å². The predicted octanol–water partition coefficient (Wildman–Crippen LogP) is 3.88. The van der Waals surface area contributed by atoms with E-state index < -0.39 is 0 Å². The van der Waals surface area contributed by atoms with Crippen molar-refractivity contribution in [1.82, 2.24) is 10.1 Å². The Bertz CT molecular complexity index is 431. The van der Waals surface area contributed by atoms with E-state index in [4.69, 9.17) is 0 Å². The highest BCUT2D eigenvalue weighted by Gasteiger charge is 2.55. The highest BCUT2D eigenvalue weighted by Crippen LogP contribution is 2.45. The average molecular weight is 357 g/mol. The van der Waals surface area contributed by atoms with E-state index in [2.05, 4.69) is 69.5 Å². The molecule has 0 aromatic heterocycles. The number of hydrogen-bond donors (Lipinski definition) is 2. The molecule has 0 saturated carbocycles. The summed E-state index contributed by atoms with van der Waals surface area (Å²) in [5.74, 6) is 0. The molecule has 0 unspecified atom stereocenters. The molecule has 0 aromatic carbocycles. The van der Waals surface area contributed by atoms with Crippen molar-refractivity contribution in [2.24, 2.45) is 0 Å². The van der Waals surface area contributed by atoms with Gasteiger partial charge in [0.05, 0.1) is 26.2 Å². The van der Waals surface area contributed by atoms with Gasteiger partial charge < -0.3 is 14.9 Å². The number of piperidine rings is 2. The van der Waals surface area contributed by atoms with Crippen LogP contribution in [0.1, 0.15) is 81.1 Å². The standard InChI is InChI=1S/C20H42N3O2/c1-17(2)11-15(12-18(3,4)21(17)24)23(9,10)16-13-19(5,6)22(25)20(7,8)14-16/h15-16,24-25H,11-14H2,1-10H3/q+1.